The van der Waals surface area contributed by atoms with E-state index in [1.54, 1.807) is 4.68 Å². The van der Waals surface area contributed by atoms with Gasteiger partial charge in [0.2, 0.25) is 0 Å². The molecule has 7 heteroatoms. The molecule has 0 atom stereocenters. The second-order valence-corrected chi connectivity index (χ2v) is 7.62. The molecule has 0 unspecified atom stereocenters. The minimum atomic E-state index is 0.459. The molecule has 3 aromatic carbocycles. The van der Waals surface area contributed by atoms with Gasteiger partial charge in [-0.1, -0.05) is 64.5 Å². The van der Waals surface area contributed by atoms with Crippen LogP contribution in [-0.2, 0) is 0 Å². The molecule has 0 amide bonds. The largest absolute Gasteiger partial charge is 0.335 e. The Labute approximate surface area is 175 Å². The zero-order chi connectivity index (χ0) is 18.8. The summed E-state index contributed by atoms with van der Waals surface area (Å²) in [5, 5.41) is 5.99. The zero-order valence-electron chi connectivity index (χ0n) is 14.1. The van der Waals surface area contributed by atoms with Gasteiger partial charge >= 0.3 is 0 Å². The van der Waals surface area contributed by atoms with Crippen molar-refractivity contribution < 1.29 is 0 Å². The van der Waals surface area contributed by atoms with Crippen molar-refractivity contribution in [2.24, 2.45) is 0 Å². The van der Waals surface area contributed by atoms with Gasteiger partial charge in [-0.05, 0) is 48.0 Å². The molecule has 4 aromatic rings. The van der Waals surface area contributed by atoms with Gasteiger partial charge in [0, 0.05) is 27.3 Å². The third kappa shape index (κ3) is 3.80. The average Bonchev–Trinajstić information content (AvgIpc) is 3.03. The molecular formula is C20H15BrN4S2. The van der Waals surface area contributed by atoms with Gasteiger partial charge in [-0.15, -0.1) is 0 Å². The van der Waals surface area contributed by atoms with Crippen LogP contribution < -0.4 is 10.7 Å². The minimum Gasteiger partial charge on any atom is -0.335 e. The Morgan fingerprint density at radius 3 is 2.52 bits per heavy atom. The molecule has 0 bridgehead atoms. The summed E-state index contributed by atoms with van der Waals surface area (Å²) < 4.78 is 3.32. The van der Waals surface area contributed by atoms with Crippen molar-refractivity contribution in [3.8, 4) is 11.3 Å². The Balaban J connectivity index is 1.61. The second kappa shape index (κ2) is 7.64. The van der Waals surface area contributed by atoms with E-state index in [1.165, 1.54) is 0 Å². The fraction of sp³-hybridized carbons (Fsp3) is 0. The third-order valence-corrected chi connectivity index (χ3v) is 5.19. The highest BCUT2D eigenvalue weighted by Gasteiger charge is 2.09. The first kappa shape index (κ1) is 17.9. The third-order valence-electron chi connectivity index (χ3n) is 4.17. The molecule has 3 N–H and O–H groups in total. The van der Waals surface area contributed by atoms with Crippen molar-refractivity contribution in [3.05, 3.63) is 82.2 Å². The van der Waals surface area contributed by atoms with Crippen molar-refractivity contribution in [2.45, 2.75) is 0 Å². The number of nitrogens with zero attached hydrogens (tertiary/aromatic N) is 1. The van der Waals surface area contributed by atoms with Crippen molar-refractivity contribution in [1.29, 1.82) is 0 Å². The highest BCUT2D eigenvalue weighted by molar-refractivity contribution is 9.10. The fourth-order valence-corrected chi connectivity index (χ4v) is 3.57. The van der Waals surface area contributed by atoms with Crippen LogP contribution in [0.4, 0.5) is 5.69 Å². The van der Waals surface area contributed by atoms with E-state index in [4.69, 9.17) is 24.4 Å². The van der Waals surface area contributed by atoms with E-state index < -0.39 is 0 Å². The number of benzene rings is 3. The highest BCUT2D eigenvalue weighted by atomic mass is 79.9. The molecule has 1 aromatic heterocycles. The number of halogens is 1. The van der Waals surface area contributed by atoms with E-state index in [0.717, 1.165) is 32.2 Å². The van der Waals surface area contributed by atoms with Gasteiger partial charge in [-0.25, -0.2) is 4.68 Å². The Kier molecular flexibility index (Phi) is 5.07. The summed E-state index contributed by atoms with van der Waals surface area (Å²) in [7, 11) is 0. The van der Waals surface area contributed by atoms with E-state index in [9.17, 15) is 0 Å². The number of fused-ring (bicyclic) bond motifs is 1. The molecule has 0 spiro atoms. The molecule has 0 aliphatic carbocycles. The van der Waals surface area contributed by atoms with E-state index in [1.807, 2.05) is 54.7 Å². The highest BCUT2D eigenvalue weighted by Crippen LogP contribution is 2.24. The lowest BCUT2D eigenvalue weighted by molar-refractivity contribution is 0.963. The maximum atomic E-state index is 5.53. The number of thiocarbonyl (C=S) groups is 1. The number of hydrogen-bond acceptors (Lipinski definition) is 2. The number of hydrogen-bond donors (Lipinski definition) is 3. The smallest absolute Gasteiger partial charge is 0.196 e. The van der Waals surface area contributed by atoms with E-state index in [2.05, 4.69) is 49.9 Å². The minimum absolute atomic E-state index is 0.459. The molecule has 0 aliphatic heterocycles. The molecule has 0 aliphatic rings. The number of aromatic nitrogens is 2. The SMILES string of the molecule is S=C(Nc1cccc2ccccc12)Nn1c(-c2ccc(Br)cc2)c[nH]c1=S. The molecule has 4 rings (SSSR count). The van der Waals surface area contributed by atoms with Gasteiger partial charge in [0.25, 0.3) is 0 Å². The van der Waals surface area contributed by atoms with Crippen LogP contribution in [0.2, 0.25) is 0 Å². The summed E-state index contributed by atoms with van der Waals surface area (Å²) >= 11 is 14.4. The second-order valence-electron chi connectivity index (χ2n) is 5.91. The van der Waals surface area contributed by atoms with E-state index in [0.29, 0.717) is 9.88 Å². The lowest BCUT2D eigenvalue weighted by atomic mass is 10.1. The van der Waals surface area contributed by atoms with Crippen molar-refractivity contribution in [1.82, 2.24) is 9.66 Å². The lowest BCUT2D eigenvalue weighted by Gasteiger charge is -2.15. The van der Waals surface area contributed by atoms with Crippen LogP contribution in [0.1, 0.15) is 0 Å². The fourth-order valence-electron chi connectivity index (χ4n) is 2.90. The van der Waals surface area contributed by atoms with Gasteiger partial charge in [0.05, 0.1) is 5.69 Å². The Bertz CT molecular complexity index is 1170. The maximum absolute atomic E-state index is 5.53. The van der Waals surface area contributed by atoms with Crippen LogP contribution in [0.25, 0.3) is 22.0 Å². The standard InChI is InChI=1S/C20H15BrN4S2/c21-15-10-8-14(9-11-15)18-12-22-20(27)25(18)24-19(26)23-17-7-3-5-13-4-1-2-6-16(13)17/h1-12H,(H,22,27)(H2,23,24,26). The van der Waals surface area contributed by atoms with Crippen LogP contribution in [-0.4, -0.2) is 14.8 Å². The molecular weight excluding hydrogens is 440 g/mol. The summed E-state index contributed by atoms with van der Waals surface area (Å²) in [5.74, 6) is 0. The number of H-pyrrole nitrogens is 1. The molecule has 0 radical (unpaired) electrons. The molecule has 1 heterocycles. The zero-order valence-corrected chi connectivity index (χ0v) is 17.3. The van der Waals surface area contributed by atoms with E-state index in [-0.39, 0.29) is 0 Å². The molecule has 0 saturated heterocycles. The predicted octanol–water partition coefficient (Wildman–Crippen LogP) is 6.07. The first-order valence-corrected chi connectivity index (χ1v) is 9.85. The van der Waals surface area contributed by atoms with Gasteiger partial charge < -0.3 is 10.3 Å². The number of imidazole rings is 1. The Hall–Kier alpha value is -2.48. The first-order valence-electron chi connectivity index (χ1n) is 8.24. The van der Waals surface area contributed by atoms with E-state index >= 15 is 0 Å². The number of aromatic amines is 1. The summed E-state index contributed by atoms with van der Waals surface area (Å²) in [5.41, 5.74) is 6.03. The molecule has 27 heavy (non-hydrogen) atoms. The summed E-state index contributed by atoms with van der Waals surface area (Å²) in [6.45, 7) is 0. The van der Waals surface area contributed by atoms with Crippen LogP contribution in [0.3, 0.4) is 0 Å². The van der Waals surface area contributed by atoms with Crippen molar-refractivity contribution in [3.63, 3.8) is 0 Å². The van der Waals surface area contributed by atoms with Gasteiger partial charge in [-0.2, -0.15) is 0 Å². The van der Waals surface area contributed by atoms with Crippen LogP contribution >= 0.6 is 40.4 Å². The van der Waals surface area contributed by atoms with Crippen molar-refractivity contribution in [2.75, 3.05) is 10.7 Å². The number of nitrogens with one attached hydrogen (secondary N) is 3. The normalized spacial score (nSPS) is 10.7. The molecule has 0 fully saturated rings. The summed E-state index contributed by atoms with van der Waals surface area (Å²) in [6, 6.07) is 22.3. The Morgan fingerprint density at radius 2 is 1.70 bits per heavy atom. The lowest BCUT2D eigenvalue weighted by Crippen LogP contribution is -2.28. The van der Waals surface area contributed by atoms with Crippen LogP contribution in [0.15, 0.2) is 77.4 Å². The van der Waals surface area contributed by atoms with Gasteiger partial charge in [0.1, 0.15) is 0 Å². The Morgan fingerprint density at radius 1 is 0.963 bits per heavy atom. The number of rotatable bonds is 3. The molecule has 134 valence electrons. The van der Waals surface area contributed by atoms with Crippen LogP contribution in [0, 0.1) is 4.77 Å². The molecule has 0 saturated carbocycles. The van der Waals surface area contributed by atoms with Crippen LogP contribution in [0.5, 0.6) is 0 Å². The number of anilines is 1. The predicted molar refractivity (Wildman–Crippen MR) is 122 cm³/mol. The quantitative estimate of drug-likeness (QED) is 0.328. The maximum Gasteiger partial charge on any atom is 0.196 e. The topological polar surface area (TPSA) is 44.8 Å². The van der Waals surface area contributed by atoms with Gasteiger partial charge in [-0.3, -0.25) is 5.43 Å². The van der Waals surface area contributed by atoms with Crippen molar-refractivity contribution >= 4 is 61.9 Å². The first-order chi connectivity index (χ1) is 13.1. The average molecular weight is 455 g/mol. The summed E-state index contributed by atoms with van der Waals surface area (Å²) in [6.07, 6.45) is 1.86. The van der Waals surface area contributed by atoms with Gasteiger partial charge in [0.15, 0.2) is 9.88 Å². The molecule has 4 nitrogen and oxygen atoms in total. The summed E-state index contributed by atoms with van der Waals surface area (Å²) in [4.78, 5) is 3.07. The monoisotopic (exact) mass is 454 g/mol.